The van der Waals surface area contributed by atoms with Crippen LogP contribution in [0.3, 0.4) is 0 Å². The second-order valence-electron chi connectivity index (χ2n) is 7.08. The second kappa shape index (κ2) is 10.7. The van der Waals surface area contributed by atoms with E-state index in [4.69, 9.17) is 10.5 Å². The van der Waals surface area contributed by atoms with Crippen LogP contribution in [0.15, 0.2) is 59.8 Å². The number of morpholine rings is 1. The Balaban J connectivity index is 1.49. The summed E-state index contributed by atoms with van der Waals surface area (Å²) in [6, 6.07) is 16.2. The Hall–Kier alpha value is -3.70. The van der Waals surface area contributed by atoms with Gasteiger partial charge in [0, 0.05) is 18.8 Å². The molecule has 2 aromatic carbocycles. The highest BCUT2D eigenvalue weighted by molar-refractivity contribution is 7.99. The summed E-state index contributed by atoms with van der Waals surface area (Å²) < 4.78 is 5.42. The lowest BCUT2D eigenvalue weighted by molar-refractivity contribution is -0.113. The second-order valence-corrected chi connectivity index (χ2v) is 8.02. The molecule has 4 N–H and O–H groups in total. The van der Waals surface area contributed by atoms with Gasteiger partial charge in [-0.1, -0.05) is 42.1 Å². The van der Waals surface area contributed by atoms with Crippen molar-refractivity contribution >= 4 is 46.8 Å². The molecular weight excluding hydrogens is 442 g/mol. The van der Waals surface area contributed by atoms with Gasteiger partial charge in [0.2, 0.25) is 17.8 Å². The minimum atomic E-state index is -0.609. The maximum absolute atomic E-state index is 12.5. The first-order valence-electron chi connectivity index (χ1n) is 10.3. The molecule has 1 aromatic heterocycles. The number of carbonyl (C=O) groups excluding carboxylic acids is 2. The molecule has 33 heavy (non-hydrogen) atoms. The van der Waals surface area contributed by atoms with Crippen LogP contribution in [0.1, 0.15) is 10.4 Å². The number of ether oxygens (including phenoxy) is 1. The predicted molar refractivity (Wildman–Crippen MR) is 127 cm³/mol. The number of primary amides is 1. The summed E-state index contributed by atoms with van der Waals surface area (Å²) in [4.78, 5) is 39.7. The van der Waals surface area contributed by atoms with Crippen LogP contribution in [0.5, 0.6) is 0 Å². The van der Waals surface area contributed by atoms with Crippen molar-refractivity contribution in [3.05, 3.63) is 60.2 Å². The summed E-state index contributed by atoms with van der Waals surface area (Å²) >= 11 is 1.18. The number of nitrogens with zero attached hydrogens (tertiary/aromatic N) is 4. The standard InChI is InChI=1S/C22H23N7O3S/c23-19(31)16-8-4-5-9-17(16)25-18(30)14-33-22-27-20(24-15-6-2-1-3-7-15)26-21(28-22)29-10-12-32-13-11-29/h1-9H,10-14H2,(H2,23,31)(H,25,30)(H,24,26,27,28). The van der Waals surface area contributed by atoms with E-state index in [1.807, 2.05) is 35.2 Å². The maximum Gasteiger partial charge on any atom is 0.250 e. The number of rotatable bonds is 8. The number of amides is 2. The van der Waals surface area contributed by atoms with Crippen molar-refractivity contribution in [2.24, 2.45) is 5.73 Å². The smallest absolute Gasteiger partial charge is 0.250 e. The average Bonchev–Trinajstić information content (AvgIpc) is 2.84. The Bertz CT molecular complexity index is 1120. The van der Waals surface area contributed by atoms with E-state index in [0.29, 0.717) is 49.0 Å². The van der Waals surface area contributed by atoms with Gasteiger partial charge in [0.05, 0.1) is 30.2 Å². The van der Waals surface area contributed by atoms with Crippen LogP contribution in [-0.2, 0) is 9.53 Å². The largest absolute Gasteiger partial charge is 0.378 e. The molecule has 1 aliphatic heterocycles. The third-order valence-electron chi connectivity index (χ3n) is 4.73. The van der Waals surface area contributed by atoms with Crippen LogP contribution in [0.25, 0.3) is 0 Å². The number of benzene rings is 2. The van der Waals surface area contributed by atoms with Crippen molar-refractivity contribution in [3.63, 3.8) is 0 Å². The SMILES string of the molecule is NC(=O)c1ccccc1NC(=O)CSc1nc(Nc2ccccc2)nc(N2CCOCC2)n1. The number of hydrogen-bond donors (Lipinski definition) is 3. The number of para-hydroxylation sites is 2. The van der Waals surface area contributed by atoms with Gasteiger partial charge in [-0.3, -0.25) is 9.59 Å². The summed E-state index contributed by atoms with van der Waals surface area (Å²) in [6.07, 6.45) is 0. The molecule has 170 valence electrons. The zero-order valence-electron chi connectivity index (χ0n) is 17.7. The van der Waals surface area contributed by atoms with Gasteiger partial charge in [-0.15, -0.1) is 0 Å². The van der Waals surface area contributed by atoms with Crippen molar-refractivity contribution < 1.29 is 14.3 Å². The topological polar surface area (TPSA) is 135 Å². The lowest BCUT2D eigenvalue weighted by Gasteiger charge is -2.27. The highest BCUT2D eigenvalue weighted by Crippen LogP contribution is 2.22. The maximum atomic E-state index is 12.5. The van der Waals surface area contributed by atoms with Crippen molar-refractivity contribution in [3.8, 4) is 0 Å². The van der Waals surface area contributed by atoms with Gasteiger partial charge in [0.1, 0.15) is 0 Å². The Morgan fingerprint density at radius 2 is 1.73 bits per heavy atom. The molecule has 3 aromatic rings. The lowest BCUT2D eigenvalue weighted by Crippen LogP contribution is -2.37. The van der Waals surface area contributed by atoms with Gasteiger partial charge in [-0.05, 0) is 24.3 Å². The molecule has 1 aliphatic rings. The van der Waals surface area contributed by atoms with E-state index in [-0.39, 0.29) is 17.2 Å². The summed E-state index contributed by atoms with van der Waals surface area (Å²) in [7, 11) is 0. The molecule has 11 heteroatoms. The minimum Gasteiger partial charge on any atom is -0.378 e. The van der Waals surface area contributed by atoms with Gasteiger partial charge >= 0.3 is 0 Å². The van der Waals surface area contributed by atoms with Gasteiger partial charge in [-0.25, -0.2) is 0 Å². The lowest BCUT2D eigenvalue weighted by atomic mass is 10.1. The number of aromatic nitrogens is 3. The molecule has 0 radical (unpaired) electrons. The number of anilines is 4. The van der Waals surface area contributed by atoms with Crippen LogP contribution in [-0.4, -0.2) is 58.8 Å². The quantitative estimate of drug-likeness (QED) is 0.428. The van der Waals surface area contributed by atoms with E-state index < -0.39 is 5.91 Å². The van der Waals surface area contributed by atoms with E-state index in [1.54, 1.807) is 24.3 Å². The van der Waals surface area contributed by atoms with Crippen LogP contribution in [0, 0.1) is 0 Å². The fourth-order valence-corrected chi connectivity index (χ4v) is 3.77. The van der Waals surface area contributed by atoms with E-state index in [0.717, 1.165) is 5.69 Å². The predicted octanol–water partition coefficient (Wildman–Crippen LogP) is 2.28. The Morgan fingerprint density at radius 3 is 2.48 bits per heavy atom. The van der Waals surface area contributed by atoms with Crippen LogP contribution in [0.2, 0.25) is 0 Å². The molecule has 4 rings (SSSR count). The zero-order valence-corrected chi connectivity index (χ0v) is 18.5. The highest BCUT2D eigenvalue weighted by Gasteiger charge is 2.18. The third-order valence-corrected chi connectivity index (χ3v) is 5.57. The monoisotopic (exact) mass is 465 g/mol. The van der Waals surface area contributed by atoms with Gasteiger partial charge < -0.3 is 26.0 Å². The van der Waals surface area contributed by atoms with Crippen molar-refractivity contribution in [1.29, 1.82) is 0 Å². The van der Waals surface area contributed by atoms with E-state index in [9.17, 15) is 9.59 Å². The molecule has 2 amide bonds. The Labute approximate surface area is 195 Å². The van der Waals surface area contributed by atoms with E-state index in [1.165, 1.54) is 11.8 Å². The summed E-state index contributed by atoms with van der Waals surface area (Å²) in [6.45, 7) is 2.53. The average molecular weight is 466 g/mol. The number of nitrogens with two attached hydrogens (primary N) is 1. The summed E-state index contributed by atoms with van der Waals surface area (Å²) in [5, 5.41) is 6.31. The molecule has 0 saturated carbocycles. The molecule has 2 heterocycles. The highest BCUT2D eigenvalue weighted by atomic mass is 32.2. The number of carbonyl (C=O) groups is 2. The molecule has 0 atom stereocenters. The fraction of sp³-hybridized carbons (Fsp3) is 0.227. The van der Waals surface area contributed by atoms with Crippen LogP contribution < -0.4 is 21.3 Å². The first-order valence-corrected chi connectivity index (χ1v) is 11.3. The molecule has 10 nitrogen and oxygen atoms in total. The molecule has 0 aliphatic carbocycles. The summed E-state index contributed by atoms with van der Waals surface area (Å²) in [5.74, 6) is 0.0422. The van der Waals surface area contributed by atoms with Crippen LogP contribution in [0.4, 0.5) is 23.3 Å². The Morgan fingerprint density at radius 1 is 1.00 bits per heavy atom. The first-order chi connectivity index (χ1) is 16.1. The molecule has 0 bridgehead atoms. The van der Waals surface area contributed by atoms with Gasteiger partial charge in [0.25, 0.3) is 5.91 Å². The minimum absolute atomic E-state index is 0.0461. The number of hydrogen-bond acceptors (Lipinski definition) is 9. The molecular formula is C22H23N7O3S. The zero-order chi connectivity index (χ0) is 23.0. The van der Waals surface area contributed by atoms with Crippen molar-refractivity contribution in [2.75, 3.05) is 47.6 Å². The first kappa shape index (κ1) is 22.5. The molecule has 1 saturated heterocycles. The number of nitrogens with one attached hydrogen (secondary N) is 2. The van der Waals surface area contributed by atoms with E-state index in [2.05, 4.69) is 25.6 Å². The fourth-order valence-electron chi connectivity index (χ4n) is 3.15. The normalized spacial score (nSPS) is 13.4. The summed E-state index contributed by atoms with van der Waals surface area (Å²) in [5.41, 5.74) is 6.84. The number of thioether (sulfide) groups is 1. The van der Waals surface area contributed by atoms with Crippen LogP contribution >= 0.6 is 11.8 Å². The van der Waals surface area contributed by atoms with Gasteiger partial charge in [0.15, 0.2) is 5.16 Å². The molecule has 0 spiro atoms. The molecule has 1 fully saturated rings. The Kier molecular flexibility index (Phi) is 7.33. The van der Waals surface area contributed by atoms with Crippen molar-refractivity contribution in [2.45, 2.75) is 5.16 Å². The van der Waals surface area contributed by atoms with Gasteiger partial charge in [-0.2, -0.15) is 15.0 Å². The van der Waals surface area contributed by atoms with Crippen molar-refractivity contribution in [1.82, 2.24) is 15.0 Å². The third kappa shape index (κ3) is 6.18. The molecule has 0 unspecified atom stereocenters. The van der Waals surface area contributed by atoms with E-state index >= 15 is 0 Å².